The number of pyridine rings is 1. The Morgan fingerprint density at radius 3 is 1.96 bits per heavy atom. The Balaban J connectivity index is 2.42. The van der Waals surface area contributed by atoms with Crippen molar-refractivity contribution in [3.8, 4) is 5.75 Å². The lowest BCUT2D eigenvalue weighted by Gasteiger charge is -2.24. The molecule has 0 aliphatic rings. The van der Waals surface area contributed by atoms with Gasteiger partial charge >= 0.3 is 0 Å². The summed E-state index contributed by atoms with van der Waals surface area (Å²) in [4.78, 5) is 9.61. The Hall–Kier alpha value is -1.65. The first-order valence-corrected chi connectivity index (χ1v) is 11.1. The predicted octanol–water partition coefficient (Wildman–Crippen LogP) is 5.49. The molecular weight excluding hydrogens is 346 g/mol. The van der Waals surface area contributed by atoms with Crippen molar-refractivity contribution in [2.75, 3.05) is 26.2 Å². The first kappa shape index (κ1) is 22.6. The van der Waals surface area contributed by atoms with Crippen LogP contribution in [0.15, 0.2) is 18.2 Å². The van der Waals surface area contributed by atoms with Crippen LogP contribution in [0.4, 0.5) is 0 Å². The maximum atomic E-state index is 11.0. The van der Waals surface area contributed by atoms with Gasteiger partial charge in [0.25, 0.3) is 0 Å². The highest BCUT2D eigenvalue weighted by Crippen LogP contribution is 2.32. The summed E-state index contributed by atoms with van der Waals surface area (Å²) in [6.45, 7) is 16.8. The summed E-state index contributed by atoms with van der Waals surface area (Å²) >= 11 is 0. The van der Waals surface area contributed by atoms with Crippen LogP contribution in [-0.4, -0.2) is 46.1 Å². The molecule has 0 aliphatic heterocycles. The van der Waals surface area contributed by atoms with E-state index in [2.05, 4.69) is 49.6 Å². The highest BCUT2D eigenvalue weighted by atomic mass is 16.3. The largest absolute Gasteiger partial charge is 0.505 e. The minimum absolute atomic E-state index is 0.356. The highest BCUT2D eigenvalue weighted by Gasteiger charge is 2.16. The van der Waals surface area contributed by atoms with Crippen molar-refractivity contribution < 1.29 is 5.11 Å². The normalized spacial score (nSPS) is 11.8. The van der Waals surface area contributed by atoms with E-state index in [9.17, 15) is 5.11 Å². The number of phenolic OH excluding ortho intramolecular Hbond substituents is 1. The predicted molar refractivity (Wildman–Crippen MR) is 120 cm³/mol. The van der Waals surface area contributed by atoms with E-state index >= 15 is 0 Å². The van der Waals surface area contributed by atoms with Crippen molar-refractivity contribution in [2.45, 2.75) is 73.4 Å². The van der Waals surface area contributed by atoms with Crippen molar-refractivity contribution in [1.82, 2.24) is 14.8 Å². The molecule has 28 heavy (non-hydrogen) atoms. The lowest BCUT2D eigenvalue weighted by molar-refractivity contribution is 0.269. The maximum absolute atomic E-state index is 11.0. The van der Waals surface area contributed by atoms with Crippen molar-refractivity contribution in [3.63, 3.8) is 0 Å². The summed E-state index contributed by atoms with van der Waals surface area (Å²) in [6, 6.07) is 6.39. The number of rotatable bonds is 12. The van der Waals surface area contributed by atoms with Crippen LogP contribution in [0.5, 0.6) is 5.75 Å². The minimum Gasteiger partial charge on any atom is -0.505 e. The molecule has 1 aromatic carbocycles. The molecule has 0 bridgehead atoms. The second-order valence-electron chi connectivity index (χ2n) is 7.84. The lowest BCUT2D eigenvalue weighted by atomic mass is 10.0. The molecule has 2 rings (SSSR count). The van der Waals surface area contributed by atoms with Gasteiger partial charge in [0.05, 0.1) is 0 Å². The second kappa shape index (κ2) is 11.4. The van der Waals surface area contributed by atoms with Crippen LogP contribution >= 0.6 is 0 Å². The average Bonchev–Trinajstić information content (AvgIpc) is 2.71. The van der Waals surface area contributed by atoms with E-state index in [1.165, 1.54) is 31.2 Å². The van der Waals surface area contributed by atoms with E-state index < -0.39 is 0 Å². The fraction of sp³-hybridized carbons (Fsp3) is 0.625. The van der Waals surface area contributed by atoms with Gasteiger partial charge in [-0.05, 0) is 63.6 Å². The number of nitrogens with zero attached hydrogens (tertiary/aromatic N) is 3. The number of aromatic hydroxyl groups is 1. The van der Waals surface area contributed by atoms with Gasteiger partial charge < -0.3 is 5.11 Å². The summed E-state index contributed by atoms with van der Waals surface area (Å²) in [6.07, 6.45) is 4.80. The minimum atomic E-state index is 0.356. The number of phenols is 1. The number of hydrogen-bond donors (Lipinski definition) is 1. The van der Waals surface area contributed by atoms with Crippen LogP contribution in [-0.2, 0) is 13.1 Å². The Morgan fingerprint density at radius 1 is 0.857 bits per heavy atom. The number of fused-ring (bicyclic) bond motifs is 1. The van der Waals surface area contributed by atoms with Crippen molar-refractivity contribution in [1.29, 1.82) is 0 Å². The molecule has 0 saturated carbocycles. The molecule has 1 heterocycles. The molecule has 0 aliphatic carbocycles. The lowest BCUT2D eigenvalue weighted by Crippen LogP contribution is -2.25. The van der Waals surface area contributed by atoms with E-state index in [1.54, 1.807) is 0 Å². The van der Waals surface area contributed by atoms with E-state index in [1.807, 2.05) is 13.0 Å². The average molecular weight is 386 g/mol. The van der Waals surface area contributed by atoms with Gasteiger partial charge in [0, 0.05) is 29.7 Å². The maximum Gasteiger partial charge on any atom is 0.146 e. The first-order chi connectivity index (χ1) is 13.5. The van der Waals surface area contributed by atoms with E-state index in [0.29, 0.717) is 5.75 Å². The monoisotopic (exact) mass is 385 g/mol. The molecule has 0 unspecified atom stereocenters. The molecule has 156 valence electrons. The number of unbranched alkanes of at least 4 members (excludes halogenated alkanes) is 2. The van der Waals surface area contributed by atoms with Crippen LogP contribution < -0.4 is 0 Å². The van der Waals surface area contributed by atoms with E-state index in [-0.39, 0.29) is 0 Å². The third-order valence-corrected chi connectivity index (χ3v) is 5.60. The van der Waals surface area contributed by atoms with Gasteiger partial charge in [0.1, 0.15) is 11.3 Å². The van der Waals surface area contributed by atoms with Crippen molar-refractivity contribution in [2.24, 2.45) is 0 Å². The molecule has 0 radical (unpaired) electrons. The van der Waals surface area contributed by atoms with Crippen molar-refractivity contribution in [3.05, 3.63) is 35.0 Å². The molecule has 0 atom stereocenters. The van der Waals surface area contributed by atoms with E-state index in [0.717, 1.165) is 61.4 Å². The van der Waals surface area contributed by atoms with Gasteiger partial charge in [-0.25, -0.2) is 4.98 Å². The third kappa shape index (κ3) is 5.92. The van der Waals surface area contributed by atoms with Gasteiger partial charge in [0.15, 0.2) is 0 Å². The van der Waals surface area contributed by atoms with Gasteiger partial charge in [-0.15, -0.1) is 0 Å². The molecule has 1 N–H and O–H groups in total. The number of hydrogen-bond acceptors (Lipinski definition) is 4. The number of aryl methyl sites for hydroxylation is 1. The molecule has 0 saturated heterocycles. The number of aromatic nitrogens is 1. The van der Waals surface area contributed by atoms with Gasteiger partial charge in [-0.1, -0.05) is 46.6 Å². The molecular formula is C24H39N3O. The fourth-order valence-corrected chi connectivity index (χ4v) is 3.70. The van der Waals surface area contributed by atoms with Crippen LogP contribution in [0.2, 0.25) is 0 Å². The first-order valence-electron chi connectivity index (χ1n) is 11.1. The van der Waals surface area contributed by atoms with Crippen LogP contribution in [0.1, 0.15) is 70.2 Å². The Labute approximate surface area is 171 Å². The Bertz CT molecular complexity index is 744. The van der Waals surface area contributed by atoms with Gasteiger partial charge in [0.2, 0.25) is 0 Å². The summed E-state index contributed by atoms with van der Waals surface area (Å²) < 4.78 is 0. The zero-order chi connectivity index (χ0) is 20.5. The van der Waals surface area contributed by atoms with Crippen LogP contribution in [0, 0.1) is 6.92 Å². The summed E-state index contributed by atoms with van der Waals surface area (Å²) in [5.41, 5.74) is 3.98. The molecule has 2 aromatic rings. The van der Waals surface area contributed by atoms with Crippen LogP contribution in [0.3, 0.4) is 0 Å². The Kier molecular flexibility index (Phi) is 9.20. The number of benzene rings is 1. The SMILES string of the molecule is CCCCN(CC)Cc1cc(CN(CC)CCCC)c2ccc(C)nc2c1O. The third-order valence-electron chi connectivity index (χ3n) is 5.60. The zero-order valence-electron chi connectivity index (χ0n) is 18.6. The summed E-state index contributed by atoms with van der Waals surface area (Å²) in [5, 5.41) is 12.1. The summed E-state index contributed by atoms with van der Waals surface area (Å²) in [7, 11) is 0. The smallest absolute Gasteiger partial charge is 0.146 e. The quantitative estimate of drug-likeness (QED) is 0.524. The molecule has 0 fully saturated rings. The van der Waals surface area contributed by atoms with Gasteiger partial charge in [-0.3, -0.25) is 9.80 Å². The topological polar surface area (TPSA) is 39.6 Å². The standard InChI is InChI=1S/C24H39N3O/c1-6-10-14-26(8-3)17-20-16-21(18-27(9-4)15-11-7-2)24(28)23-22(20)13-12-19(5)25-23/h12-13,16,28H,6-11,14-15,17-18H2,1-5H3. The van der Waals surface area contributed by atoms with E-state index in [4.69, 9.17) is 4.98 Å². The van der Waals surface area contributed by atoms with Crippen LogP contribution in [0.25, 0.3) is 10.9 Å². The Morgan fingerprint density at radius 2 is 1.43 bits per heavy atom. The van der Waals surface area contributed by atoms with Gasteiger partial charge in [-0.2, -0.15) is 0 Å². The molecule has 0 spiro atoms. The summed E-state index contributed by atoms with van der Waals surface area (Å²) in [5.74, 6) is 0.356. The molecule has 4 nitrogen and oxygen atoms in total. The highest BCUT2D eigenvalue weighted by molar-refractivity contribution is 5.88. The second-order valence-corrected chi connectivity index (χ2v) is 7.84. The molecule has 1 aromatic heterocycles. The molecule has 0 amide bonds. The fourth-order valence-electron chi connectivity index (χ4n) is 3.70. The molecule has 4 heteroatoms. The zero-order valence-corrected chi connectivity index (χ0v) is 18.6. The van der Waals surface area contributed by atoms with Crippen molar-refractivity contribution >= 4 is 10.9 Å².